The van der Waals surface area contributed by atoms with Crippen molar-refractivity contribution in [3.8, 4) is 0 Å². The van der Waals surface area contributed by atoms with E-state index in [0.29, 0.717) is 12.8 Å². The van der Waals surface area contributed by atoms with Crippen LogP contribution in [0.15, 0.2) is 24.3 Å². The second kappa shape index (κ2) is 39.5. The molecule has 9 N–H and O–H groups in total. The van der Waals surface area contributed by atoms with Gasteiger partial charge in [0.1, 0.15) is 67.6 Å². The van der Waals surface area contributed by atoms with Crippen molar-refractivity contribution in [1.82, 2.24) is 0 Å². The minimum atomic E-state index is -5.38. The van der Waals surface area contributed by atoms with E-state index in [9.17, 15) is 59.9 Å². The molecule has 0 radical (unpaired) electrons. The number of aliphatic hydroxyl groups is 8. The molecule has 1 aliphatic heterocycles. The van der Waals surface area contributed by atoms with E-state index in [1.54, 1.807) is 0 Å². The molecular formula is C52H95O18P. The molecule has 0 spiro atoms. The third kappa shape index (κ3) is 28.0. The Morgan fingerprint density at radius 3 is 1.48 bits per heavy atom. The Labute approximate surface area is 424 Å². The van der Waals surface area contributed by atoms with Crippen molar-refractivity contribution in [3.63, 3.8) is 0 Å². The van der Waals surface area contributed by atoms with Gasteiger partial charge in [0.15, 0.2) is 12.4 Å². The van der Waals surface area contributed by atoms with Gasteiger partial charge < -0.3 is 64.7 Å². The van der Waals surface area contributed by atoms with Gasteiger partial charge in [0.2, 0.25) is 0 Å². The molecule has 19 heteroatoms. The monoisotopic (exact) mass is 1040 g/mol. The quantitative estimate of drug-likeness (QED) is 0.0128. The van der Waals surface area contributed by atoms with E-state index in [0.717, 1.165) is 70.6 Å². The lowest BCUT2D eigenvalue weighted by Crippen LogP contribution is -2.67. The topological polar surface area (TPSA) is 289 Å². The number of hydrogen-bond donors (Lipinski definition) is 9. The summed E-state index contributed by atoms with van der Waals surface area (Å²) in [7, 11) is -5.38. The Hall–Kier alpha value is -1.87. The first-order chi connectivity index (χ1) is 34.2. The number of ether oxygens (including phenoxy) is 4. The molecule has 0 aromatic heterocycles. The Morgan fingerprint density at radius 2 is 0.972 bits per heavy atom. The van der Waals surface area contributed by atoms with E-state index in [1.165, 1.54) is 89.9 Å². The number of esters is 2. The molecule has 13 atom stereocenters. The van der Waals surface area contributed by atoms with Crippen molar-refractivity contribution < 1.29 is 87.9 Å². The standard InChI is InChI=1S/C52H95O18P/c1-3-5-7-9-11-13-15-17-19-21-22-24-26-28-30-32-34-41(54)65-37-39(67-42(55)35-33-31-29-27-25-23-20-18-16-14-12-10-8-6-4-2)38-66-71(63,64)70-51-48(61)46(59)45(58)47(60)50(51)69-52-49(62)44(57)43(56)40(36-53)68-52/h13,15,19,21,39-40,43-53,56-62H,3-12,14,16-18,20,22-38H2,1-2H3,(H,63,64)/b15-13-,21-19-/t39-,40?,43-,44?,45-,46?,47?,48?,49-,50-,51-,52-/m1/s1. The number of phosphoric ester groups is 1. The average molecular weight is 1040 g/mol. The van der Waals surface area contributed by atoms with Crippen molar-refractivity contribution in [2.24, 2.45) is 0 Å². The molecule has 6 unspecified atom stereocenters. The van der Waals surface area contributed by atoms with Gasteiger partial charge in [0.05, 0.1) is 13.2 Å². The van der Waals surface area contributed by atoms with Crippen LogP contribution in [0.4, 0.5) is 0 Å². The van der Waals surface area contributed by atoms with Crippen molar-refractivity contribution in [2.45, 2.75) is 273 Å². The molecule has 2 rings (SSSR count). The Bertz CT molecular complexity index is 1470. The van der Waals surface area contributed by atoms with E-state index < -0.39 is 113 Å². The summed E-state index contributed by atoms with van der Waals surface area (Å²) in [5.41, 5.74) is 0. The number of unbranched alkanes of at least 4 members (excludes halogenated alkanes) is 23. The van der Waals surface area contributed by atoms with E-state index in [2.05, 4.69) is 38.2 Å². The number of carbonyl (C=O) groups is 2. The van der Waals surface area contributed by atoms with Crippen LogP contribution in [0.2, 0.25) is 0 Å². The normalized spacial score (nSPS) is 27.3. The largest absolute Gasteiger partial charge is 0.472 e. The number of hydrogen-bond acceptors (Lipinski definition) is 17. The molecule has 0 amide bonds. The number of carbonyl (C=O) groups excluding carboxylic acids is 2. The predicted molar refractivity (Wildman–Crippen MR) is 268 cm³/mol. The summed E-state index contributed by atoms with van der Waals surface area (Å²) in [6, 6.07) is 0. The molecule has 0 aromatic rings. The van der Waals surface area contributed by atoms with Gasteiger partial charge in [0.25, 0.3) is 0 Å². The Morgan fingerprint density at radius 1 is 0.535 bits per heavy atom. The minimum Gasteiger partial charge on any atom is -0.462 e. The first-order valence-corrected chi connectivity index (χ1v) is 28.7. The Balaban J connectivity index is 1.92. The molecule has 416 valence electrons. The number of allylic oxidation sites excluding steroid dienone is 4. The zero-order chi connectivity index (χ0) is 52.3. The highest BCUT2D eigenvalue weighted by Crippen LogP contribution is 2.48. The van der Waals surface area contributed by atoms with Crippen LogP contribution in [0.25, 0.3) is 0 Å². The van der Waals surface area contributed by atoms with Crippen LogP contribution in [-0.2, 0) is 42.1 Å². The number of rotatable bonds is 42. The molecule has 0 bridgehead atoms. The van der Waals surface area contributed by atoms with Crippen LogP contribution < -0.4 is 0 Å². The second-order valence-corrected chi connectivity index (χ2v) is 20.8. The van der Waals surface area contributed by atoms with Crippen LogP contribution in [0, 0.1) is 0 Å². The minimum absolute atomic E-state index is 0.0331. The molecule has 1 saturated heterocycles. The average Bonchev–Trinajstić information content (AvgIpc) is 3.35. The summed E-state index contributed by atoms with van der Waals surface area (Å²) in [4.78, 5) is 36.6. The van der Waals surface area contributed by atoms with Gasteiger partial charge in [-0.15, -0.1) is 0 Å². The van der Waals surface area contributed by atoms with Gasteiger partial charge in [-0.25, -0.2) is 4.57 Å². The SMILES string of the molecule is CCCCCC/C=C\C/C=C\CCCCCCCC(=O)OC[C@H](COP(=O)(O)O[C@@H]1C(O)C(O)[C@@H](O)C(O)[C@H]1O[C@H]1OC(CO)[C@@H](O)C(O)[C@H]1O)OC(=O)CCCCCCCCCCCCCCCCC. The summed E-state index contributed by atoms with van der Waals surface area (Å²) in [5, 5.41) is 83.1. The van der Waals surface area contributed by atoms with Gasteiger partial charge >= 0.3 is 19.8 Å². The lowest BCUT2D eigenvalue weighted by Gasteiger charge is -2.47. The summed E-state index contributed by atoms with van der Waals surface area (Å²) in [6.07, 6.45) is 15.3. The fraction of sp³-hybridized carbons (Fsp3) is 0.885. The van der Waals surface area contributed by atoms with Crippen molar-refractivity contribution in [1.29, 1.82) is 0 Å². The van der Waals surface area contributed by atoms with Gasteiger partial charge in [-0.1, -0.05) is 167 Å². The molecule has 0 aromatic carbocycles. The zero-order valence-electron chi connectivity index (χ0n) is 43.0. The van der Waals surface area contributed by atoms with Crippen LogP contribution in [0.5, 0.6) is 0 Å². The highest BCUT2D eigenvalue weighted by atomic mass is 31.2. The van der Waals surface area contributed by atoms with E-state index in [1.807, 2.05) is 0 Å². The maximum absolute atomic E-state index is 13.4. The smallest absolute Gasteiger partial charge is 0.462 e. The highest BCUT2D eigenvalue weighted by molar-refractivity contribution is 7.47. The fourth-order valence-corrected chi connectivity index (χ4v) is 9.64. The van der Waals surface area contributed by atoms with E-state index in [4.69, 9.17) is 28.0 Å². The van der Waals surface area contributed by atoms with Gasteiger partial charge in [-0.3, -0.25) is 18.6 Å². The lowest BCUT2D eigenvalue weighted by atomic mass is 9.84. The van der Waals surface area contributed by atoms with Gasteiger partial charge in [0, 0.05) is 12.8 Å². The molecule has 18 nitrogen and oxygen atoms in total. The van der Waals surface area contributed by atoms with Crippen LogP contribution in [0.3, 0.4) is 0 Å². The first-order valence-electron chi connectivity index (χ1n) is 27.2. The molecule has 1 heterocycles. The van der Waals surface area contributed by atoms with Crippen molar-refractivity contribution >= 4 is 19.8 Å². The van der Waals surface area contributed by atoms with Gasteiger partial charge in [-0.2, -0.15) is 0 Å². The van der Waals surface area contributed by atoms with E-state index in [-0.39, 0.29) is 12.8 Å². The fourth-order valence-electron chi connectivity index (χ4n) is 8.68. The molecular weight excluding hydrogens is 944 g/mol. The zero-order valence-corrected chi connectivity index (χ0v) is 43.9. The molecule has 2 fully saturated rings. The van der Waals surface area contributed by atoms with Crippen molar-refractivity contribution in [3.05, 3.63) is 24.3 Å². The Kier molecular flexibility index (Phi) is 36.3. The maximum Gasteiger partial charge on any atom is 0.472 e. The summed E-state index contributed by atoms with van der Waals surface area (Å²) in [5.74, 6) is -1.23. The van der Waals surface area contributed by atoms with E-state index >= 15 is 0 Å². The third-order valence-corrected chi connectivity index (χ3v) is 14.1. The highest BCUT2D eigenvalue weighted by Gasteiger charge is 2.55. The second-order valence-electron chi connectivity index (χ2n) is 19.4. The van der Waals surface area contributed by atoms with Crippen LogP contribution >= 0.6 is 7.82 Å². The summed E-state index contributed by atoms with van der Waals surface area (Å²) < 4.78 is 45.5. The molecule has 71 heavy (non-hydrogen) atoms. The molecule has 1 saturated carbocycles. The predicted octanol–water partition coefficient (Wildman–Crippen LogP) is 7.05. The van der Waals surface area contributed by atoms with Gasteiger partial charge in [-0.05, 0) is 44.9 Å². The number of phosphoric acid groups is 1. The molecule has 2 aliphatic rings. The lowest BCUT2D eigenvalue weighted by molar-refractivity contribution is -0.338. The van der Waals surface area contributed by atoms with Crippen LogP contribution in [0.1, 0.15) is 200 Å². The maximum atomic E-state index is 13.4. The third-order valence-electron chi connectivity index (χ3n) is 13.2. The number of aliphatic hydroxyl groups excluding tert-OH is 8. The summed E-state index contributed by atoms with van der Waals surface area (Å²) >= 11 is 0. The van der Waals surface area contributed by atoms with Crippen LogP contribution in [-0.4, -0.2) is 151 Å². The summed E-state index contributed by atoms with van der Waals surface area (Å²) in [6.45, 7) is 2.22. The van der Waals surface area contributed by atoms with Crippen molar-refractivity contribution in [2.75, 3.05) is 19.8 Å². The molecule has 1 aliphatic carbocycles. The first kappa shape index (κ1) is 65.2.